The molecule has 0 unspecified atom stereocenters. The number of rotatable bonds is 6. The van der Waals surface area contributed by atoms with Crippen LogP contribution in [0.3, 0.4) is 0 Å². The van der Waals surface area contributed by atoms with Gasteiger partial charge in [0.25, 0.3) is 0 Å². The lowest BCUT2D eigenvalue weighted by Crippen LogP contribution is -2.13. The number of hydrogen-bond acceptors (Lipinski definition) is 7. The summed E-state index contributed by atoms with van der Waals surface area (Å²) in [5, 5.41) is 6.78. The van der Waals surface area contributed by atoms with E-state index < -0.39 is 0 Å². The number of aryl methyl sites for hydroxylation is 1. The lowest BCUT2D eigenvalue weighted by molar-refractivity contribution is -0.116. The molecule has 0 aliphatic carbocycles. The van der Waals surface area contributed by atoms with Gasteiger partial charge in [-0.15, -0.1) is 0 Å². The first-order valence-electron chi connectivity index (χ1n) is 9.41. The van der Waals surface area contributed by atoms with Crippen molar-refractivity contribution in [2.75, 3.05) is 17.8 Å². The highest BCUT2D eigenvalue weighted by Gasteiger charge is 2.18. The first-order chi connectivity index (χ1) is 14.0. The molecule has 4 rings (SSSR count). The number of aromatic nitrogens is 2. The fourth-order valence-corrected chi connectivity index (χ4v) is 2.99. The molecule has 3 N–H and O–H groups in total. The largest absolute Gasteiger partial charge is 0.454 e. The SMILES string of the molecule is CC(C)c1ccc(-c2noc(CCC(=O)Nc3cc4c(cc3N)OCO4)n2)cc1. The Balaban J connectivity index is 1.35. The van der Waals surface area contributed by atoms with Gasteiger partial charge in [-0.25, -0.2) is 0 Å². The number of carbonyl (C=O) groups excluding carboxylic acids is 1. The van der Waals surface area contributed by atoms with Gasteiger partial charge in [-0.3, -0.25) is 4.79 Å². The number of anilines is 2. The Bertz CT molecular complexity index is 1030. The fourth-order valence-electron chi connectivity index (χ4n) is 2.99. The maximum absolute atomic E-state index is 12.3. The van der Waals surface area contributed by atoms with Crippen molar-refractivity contribution in [3.05, 3.63) is 47.9 Å². The Labute approximate surface area is 168 Å². The van der Waals surface area contributed by atoms with Gasteiger partial charge in [-0.1, -0.05) is 43.3 Å². The number of nitrogens with two attached hydrogens (primary N) is 1. The molecule has 0 spiro atoms. The maximum Gasteiger partial charge on any atom is 0.231 e. The minimum absolute atomic E-state index is 0.145. The van der Waals surface area contributed by atoms with Crippen LogP contribution in [0.4, 0.5) is 11.4 Å². The zero-order chi connectivity index (χ0) is 20.4. The standard InChI is InChI=1S/C21H22N4O4/c1-12(2)13-3-5-14(6-4-13)21-24-20(29-25-21)8-7-19(26)23-16-10-18-17(9-15(16)22)27-11-28-18/h3-6,9-10,12H,7-8,11,22H2,1-2H3,(H,23,26). The third-order valence-electron chi connectivity index (χ3n) is 4.69. The summed E-state index contributed by atoms with van der Waals surface area (Å²) in [6.45, 7) is 4.43. The summed E-state index contributed by atoms with van der Waals surface area (Å²) in [5.74, 6) is 2.29. The number of nitrogens with zero attached hydrogens (tertiary/aromatic N) is 2. The first kappa shape index (κ1) is 18.8. The second-order valence-corrected chi connectivity index (χ2v) is 7.13. The van der Waals surface area contributed by atoms with Gasteiger partial charge in [0, 0.05) is 30.5 Å². The van der Waals surface area contributed by atoms with Crippen molar-refractivity contribution in [3.8, 4) is 22.9 Å². The van der Waals surface area contributed by atoms with Gasteiger partial charge in [-0.05, 0) is 11.5 Å². The van der Waals surface area contributed by atoms with Crippen molar-refractivity contribution in [1.82, 2.24) is 10.1 Å². The van der Waals surface area contributed by atoms with Crippen LogP contribution in [0.15, 0.2) is 40.9 Å². The third kappa shape index (κ3) is 4.16. The molecule has 0 radical (unpaired) electrons. The van der Waals surface area contributed by atoms with Gasteiger partial charge < -0.3 is 25.0 Å². The maximum atomic E-state index is 12.3. The van der Waals surface area contributed by atoms with E-state index in [9.17, 15) is 4.79 Å². The number of benzene rings is 2. The number of carbonyl (C=O) groups is 1. The number of nitrogen functional groups attached to an aromatic ring is 1. The van der Waals surface area contributed by atoms with Crippen LogP contribution in [0.5, 0.6) is 11.5 Å². The quantitative estimate of drug-likeness (QED) is 0.612. The van der Waals surface area contributed by atoms with E-state index in [1.807, 2.05) is 12.1 Å². The van der Waals surface area contributed by atoms with Crippen molar-refractivity contribution in [3.63, 3.8) is 0 Å². The second-order valence-electron chi connectivity index (χ2n) is 7.13. The molecule has 1 aromatic heterocycles. The van der Waals surface area contributed by atoms with Crippen LogP contribution in [-0.4, -0.2) is 22.8 Å². The predicted molar refractivity (Wildman–Crippen MR) is 108 cm³/mol. The van der Waals surface area contributed by atoms with Crippen LogP contribution in [0, 0.1) is 0 Å². The van der Waals surface area contributed by atoms with E-state index in [0.717, 1.165) is 5.56 Å². The van der Waals surface area contributed by atoms with Gasteiger partial charge in [0.05, 0.1) is 11.4 Å². The normalized spacial score (nSPS) is 12.4. The summed E-state index contributed by atoms with van der Waals surface area (Å²) in [4.78, 5) is 16.7. The molecule has 0 saturated heterocycles. The Morgan fingerprint density at radius 1 is 1.17 bits per heavy atom. The van der Waals surface area contributed by atoms with E-state index in [2.05, 4.69) is 41.4 Å². The van der Waals surface area contributed by atoms with Crippen LogP contribution >= 0.6 is 0 Å². The highest BCUT2D eigenvalue weighted by molar-refractivity contribution is 5.94. The lowest BCUT2D eigenvalue weighted by Gasteiger charge is -2.08. The topological polar surface area (TPSA) is 113 Å². The van der Waals surface area contributed by atoms with E-state index in [1.54, 1.807) is 12.1 Å². The molecule has 0 atom stereocenters. The first-order valence-corrected chi connectivity index (χ1v) is 9.41. The minimum atomic E-state index is -0.211. The molecule has 2 aromatic carbocycles. The van der Waals surface area contributed by atoms with E-state index in [1.165, 1.54) is 5.56 Å². The smallest absolute Gasteiger partial charge is 0.231 e. The van der Waals surface area contributed by atoms with E-state index in [-0.39, 0.29) is 19.1 Å². The van der Waals surface area contributed by atoms with Crippen LogP contribution in [0.25, 0.3) is 11.4 Å². The van der Waals surface area contributed by atoms with Crippen molar-refractivity contribution in [1.29, 1.82) is 0 Å². The van der Waals surface area contributed by atoms with Crippen molar-refractivity contribution in [2.24, 2.45) is 0 Å². The summed E-state index contributed by atoms with van der Waals surface area (Å²) >= 11 is 0. The van der Waals surface area contributed by atoms with Gasteiger partial charge >= 0.3 is 0 Å². The van der Waals surface area contributed by atoms with Crippen molar-refractivity contribution >= 4 is 17.3 Å². The number of hydrogen-bond donors (Lipinski definition) is 2. The Morgan fingerprint density at radius 2 is 1.90 bits per heavy atom. The summed E-state index contributed by atoms with van der Waals surface area (Å²) in [6, 6.07) is 11.3. The minimum Gasteiger partial charge on any atom is -0.454 e. The Kier molecular flexibility index (Phi) is 5.07. The van der Waals surface area contributed by atoms with Crippen LogP contribution in [-0.2, 0) is 11.2 Å². The van der Waals surface area contributed by atoms with Gasteiger partial charge in [0.1, 0.15) is 0 Å². The average Bonchev–Trinajstić information content (AvgIpc) is 3.36. The van der Waals surface area contributed by atoms with Gasteiger partial charge in [-0.2, -0.15) is 4.98 Å². The van der Waals surface area contributed by atoms with Crippen LogP contribution in [0.2, 0.25) is 0 Å². The fraction of sp³-hybridized carbons (Fsp3) is 0.286. The summed E-state index contributed by atoms with van der Waals surface area (Å²) in [7, 11) is 0. The van der Waals surface area contributed by atoms with Crippen molar-refractivity contribution < 1.29 is 18.8 Å². The Morgan fingerprint density at radius 3 is 2.62 bits per heavy atom. The van der Waals surface area contributed by atoms with E-state index in [4.69, 9.17) is 19.7 Å². The summed E-state index contributed by atoms with van der Waals surface area (Å²) in [6.07, 6.45) is 0.509. The monoisotopic (exact) mass is 394 g/mol. The molecular formula is C21H22N4O4. The summed E-state index contributed by atoms with van der Waals surface area (Å²) < 4.78 is 15.8. The van der Waals surface area contributed by atoms with E-state index in [0.29, 0.717) is 46.9 Å². The molecule has 2 heterocycles. The second kappa shape index (κ2) is 7.83. The highest BCUT2D eigenvalue weighted by Crippen LogP contribution is 2.38. The summed E-state index contributed by atoms with van der Waals surface area (Å²) in [5.41, 5.74) is 8.97. The molecule has 150 valence electrons. The van der Waals surface area contributed by atoms with Gasteiger partial charge in [0.15, 0.2) is 11.5 Å². The average molecular weight is 394 g/mol. The third-order valence-corrected chi connectivity index (χ3v) is 4.69. The molecule has 8 nitrogen and oxygen atoms in total. The molecule has 0 saturated carbocycles. The molecule has 1 aliphatic heterocycles. The molecule has 0 bridgehead atoms. The zero-order valence-corrected chi connectivity index (χ0v) is 16.3. The highest BCUT2D eigenvalue weighted by atomic mass is 16.7. The zero-order valence-electron chi connectivity index (χ0n) is 16.3. The van der Waals surface area contributed by atoms with Crippen LogP contribution in [0.1, 0.15) is 37.6 Å². The molecule has 1 aliphatic rings. The van der Waals surface area contributed by atoms with Gasteiger partial charge in [0.2, 0.25) is 24.4 Å². The number of fused-ring (bicyclic) bond motifs is 1. The lowest BCUT2D eigenvalue weighted by atomic mass is 10.0. The predicted octanol–water partition coefficient (Wildman–Crippen LogP) is 3.74. The molecule has 8 heteroatoms. The molecular weight excluding hydrogens is 372 g/mol. The molecule has 29 heavy (non-hydrogen) atoms. The molecule has 1 amide bonds. The number of ether oxygens (including phenoxy) is 2. The van der Waals surface area contributed by atoms with Crippen LogP contribution < -0.4 is 20.5 Å². The number of amides is 1. The van der Waals surface area contributed by atoms with Crippen molar-refractivity contribution in [2.45, 2.75) is 32.6 Å². The Hall–Kier alpha value is -3.55. The molecule has 0 fully saturated rings. The van der Waals surface area contributed by atoms with E-state index >= 15 is 0 Å². The number of nitrogens with one attached hydrogen (secondary N) is 1. The molecule has 3 aromatic rings.